The van der Waals surface area contributed by atoms with Crippen LogP contribution in [0.4, 0.5) is 11.5 Å². The normalized spacial score (nSPS) is 12.4. The smallest absolute Gasteiger partial charge is 0.149 e. The predicted octanol–water partition coefficient (Wildman–Crippen LogP) is 2.22. The van der Waals surface area contributed by atoms with Gasteiger partial charge in [-0.1, -0.05) is 6.92 Å². The van der Waals surface area contributed by atoms with Crippen LogP contribution in [0.15, 0.2) is 18.3 Å². The van der Waals surface area contributed by atoms with E-state index in [9.17, 15) is 0 Å². The summed E-state index contributed by atoms with van der Waals surface area (Å²) in [5, 5.41) is 3.90. The minimum absolute atomic E-state index is 0.674. The third-order valence-electron chi connectivity index (χ3n) is 2.08. The van der Waals surface area contributed by atoms with Gasteiger partial charge in [0.05, 0.1) is 5.69 Å². The molecule has 78 valence electrons. The van der Waals surface area contributed by atoms with Gasteiger partial charge in [-0.15, -0.1) is 0 Å². The van der Waals surface area contributed by atoms with Gasteiger partial charge < -0.3 is 11.1 Å². The fraction of sp³-hybridized carbons (Fsp3) is 0.500. The molecule has 1 aromatic heterocycles. The van der Waals surface area contributed by atoms with E-state index in [0.29, 0.717) is 10.9 Å². The van der Waals surface area contributed by atoms with Gasteiger partial charge in [-0.2, -0.15) is 11.8 Å². The van der Waals surface area contributed by atoms with Crippen LogP contribution in [0, 0.1) is 0 Å². The van der Waals surface area contributed by atoms with Gasteiger partial charge in [0.25, 0.3) is 0 Å². The van der Waals surface area contributed by atoms with Crippen LogP contribution in [0.5, 0.6) is 0 Å². The topological polar surface area (TPSA) is 50.9 Å². The Balaban J connectivity index is 2.35. The molecule has 3 N–H and O–H groups in total. The second-order valence-corrected chi connectivity index (χ2v) is 4.48. The van der Waals surface area contributed by atoms with Crippen molar-refractivity contribution in [3.05, 3.63) is 18.3 Å². The molecule has 0 aliphatic carbocycles. The third kappa shape index (κ3) is 3.46. The quantitative estimate of drug-likeness (QED) is 0.784. The van der Waals surface area contributed by atoms with Crippen LogP contribution >= 0.6 is 11.8 Å². The molecule has 0 aromatic carbocycles. The van der Waals surface area contributed by atoms with E-state index in [4.69, 9.17) is 5.73 Å². The molecular formula is C10H17N3S. The van der Waals surface area contributed by atoms with Gasteiger partial charge in [0.1, 0.15) is 5.82 Å². The number of hydrogen-bond donors (Lipinski definition) is 2. The van der Waals surface area contributed by atoms with Gasteiger partial charge >= 0.3 is 0 Å². The average molecular weight is 211 g/mol. The van der Waals surface area contributed by atoms with Crippen molar-refractivity contribution in [3.63, 3.8) is 0 Å². The molecule has 4 heteroatoms. The largest absolute Gasteiger partial charge is 0.396 e. The van der Waals surface area contributed by atoms with Crippen LogP contribution in [0.25, 0.3) is 0 Å². The summed E-state index contributed by atoms with van der Waals surface area (Å²) in [5.74, 6) is 0.792. The van der Waals surface area contributed by atoms with E-state index in [1.807, 2.05) is 23.9 Å². The Bertz CT molecular complexity index is 278. The Morgan fingerprint density at radius 3 is 3.07 bits per heavy atom. The summed E-state index contributed by atoms with van der Waals surface area (Å²) in [7, 11) is 0. The minimum atomic E-state index is 0.674. The molecule has 0 aliphatic heterocycles. The van der Waals surface area contributed by atoms with Crippen molar-refractivity contribution >= 4 is 23.3 Å². The van der Waals surface area contributed by atoms with Gasteiger partial charge in [0.15, 0.2) is 0 Å². The van der Waals surface area contributed by atoms with Crippen molar-refractivity contribution in [2.75, 3.05) is 23.9 Å². The summed E-state index contributed by atoms with van der Waals surface area (Å²) in [6.45, 7) is 3.14. The highest BCUT2D eigenvalue weighted by molar-refractivity contribution is 7.99. The molecule has 0 amide bonds. The summed E-state index contributed by atoms with van der Waals surface area (Å²) < 4.78 is 0. The van der Waals surface area contributed by atoms with Crippen LogP contribution in [0.3, 0.4) is 0 Å². The number of thioether (sulfide) groups is 1. The van der Waals surface area contributed by atoms with Crippen molar-refractivity contribution in [1.29, 1.82) is 0 Å². The highest BCUT2D eigenvalue weighted by Crippen LogP contribution is 2.14. The molecular weight excluding hydrogens is 194 g/mol. The average Bonchev–Trinajstić information content (AvgIpc) is 2.20. The molecule has 3 nitrogen and oxygen atoms in total. The van der Waals surface area contributed by atoms with Crippen LogP contribution in [-0.4, -0.2) is 23.0 Å². The van der Waals surface area contributed by atoms with E-state index in [0.717, 1.165) is 18.8 Å². The van der Waals surface area contributed by atoms with Crippen LogP contribution in [0.2, 0.25) is 0 Å². The minimum Gasteiger partial charge on any atom is -0.396 e. The number of nitrogens with zero attached hydrogens (tertiary/aromatic N) is 1. The number of nitrogens with one attached hydrogen (secondary N) is 1. The maximum absolute atomic E-state index is 5.74. The van der Waals surface area contributed by atoms with Crippen LogP contribution in [0.1, 0.15) is 13.3 Å². The monoisotopic (exact) mass is 211 g/mol. The molecule has 0 spiro atoms. The summed E-state index contributed by atoms with van der Waals surface area (Å²) in [6.07, 6.45) is 4.99. The van der Waals surface area contributed by atoms with Gasteiger partial charge in [0.2, 0.25) is 0 Å². The molecule has 0 bridgehead atoms. The lowest BCUT2D eigenvalue weighted by Crippen LogP contribution is -2.10. The molecule has 1 rings (SSSR count). The molecule has 1 unspecified atom stereocenters. The van der Waals surface area contributed by atoms with Crippen molar-refractivity contribution in [3.8, 4) is 0 Å². The lowest BCUT2D eigenvalue weighted by molar-refractivity contribution is 0.850. The highest BCUT2D eigenvalue weighted by atomic mass is 32.2. The third-order valence-corrected chi connectivity index (χ3v) is 3.13. The van der Waals surface area contributed by atoms with Crippen molar-refractivity contribution in [1.82, 2.24) is 4.98 Å². The first-order valence-corrected chi connectivity index (χ1v) is 6.00. The van der Waals surface area contributed by atoms with E-state index in [1.54, 1.807) is 6.20 Å². The first-order chi connectivity index (χ1) is 6.74. The Morgan fingerprint density at radius 2 is 2.43 bits per heavy atom. The molecule has 1 heterocycles. The zero-order valence-electron chi connectivity index (χ0n) is 8.66. The van der Waals surface area contributed by atoms with Gasteiger partial charge in [-0.05, 0) is 24.8 Å². The molecule has 0 saturated carbocycles. The van der Waals surface area contributed by atoms with Crippen LogP contribution in [-0.2, 0) is 0 Å². The fourth-order valence-electron chi connectivity index (χ4n) is 1.08. The highest BCUT2D eigenvalue weighted by Gasteiger charge is 2.00. The Morgan fingerprint density at radius 1 is 1.64 bits per heavy atom. The lowest BCUT2D eigenvalue weighted by atomic mass is 10.3. The Kier molecular flexibility index (Phi) is 4.59. The van der Waals surface area contributed by atoms with Crippen LogP contribution < -0.4 is 11.1 Å². The van der Waals surface area contributed by atoms with Gasteiger partial charge in [-0.25, -0.2) is 4.98 Å². The number of nitrogen functional groups attached to an aromatic ring is 1. The molecule has 14 heavy (non-hydrogen) atoms. The van der Waals surface area contributed by atoms with Crippen molar-refractivity contribution in [2.45, 2.75) is 18.6 Å². The van der Waals surface area contributed by atoms with Crippen molar-refractivity contribution in [2.24, 2.45) is 0 Å². The molecule has 1 aromatic rings. The second-order valence-electron chi connectivity index (χ2n) is 3.20. The summed E-state index contributed by atoms with van der Waals surface area (Å²) in [4.78, 5) is 4.16. The SMILES string of the molecule is CSC(C)CCNc1ncccc1N. The van der Waals surface area contributed by atoms with E-state index in [2.05, 4.69) is 23.5 Å². The summed E-state index contributed by atoms with van der Waals surface area (Å²) >= 11 is 1.87. The standard InChI is InChI=1S/C10H17N3S/c1-8(14-2)5-7-13-10-9(11)4-3-6-12-10/h3-4,6,8H,5,7,11H2,1-2H3,(H,12,13). The number of nitrogens with two attached hydrogens (primary N) is 1. The van der Waals surface area contributed by atoms with E-state index in [1.165, 1.54) is 0 Å². The van der Waals surface area contributed by atoms with E-state index < -0.39 is 0 Å². The lowest BCUT2D eigenvalue weighted by Gasteiger charge is -2.10. The number of anilines is 2. The molecule has 0 fully saturated rings. The van der Waals surface area contributed by atoms with E-state index >= 15 is 0 Å². The molecule has 1 atom stereocenters. The summed E-state index contributed by atoms with van der Waals surface area (Å²) in [6, 6.07) is 3.69. The maximum Gasteiger partial charge on any atom is 0.149 e. The number of rotatable bonds is 5. The summed E-state index contributed by atoms with van der Waals surface area (Å²) in [5.41, 5.74) is 6.45. The molecule has 0 aliphatic rings. The van der Waals surface area contributed by atoms with E-state index in [-0.39, 0.29) is 0 Å². The molecule has 0 saturated heterocycles. The number of pyridine rings is 1. The zero-order valence-corrected chi connectivity index (χ0v) is 9.47. The van der Waals surface area contributed by atoms with Gasteiger partial charge in [-0.3, -0.25) is 0 Å². The zero-order chi connectivity index (χ0) is 10.4. The Hall–Kier alpha value is -0.900. The predicted molar refractivity (Wildman–Crippen MR) is 64.7 cm³/mol. The van der Waals surface area contributed by atoms with Crippen molar-refractivity contribution < 1.29 is 0 Å². The second kappa shape index (κ2) is 5.75. The first kappa shape index (κ1) is 11.2. The number of hydrogen-bond acceptors (Lipinski definition) is 4. The first-order valence-electron chi connectivity index (χ1n) is 4.71. The van der Waals surface area contributed by atoms with Gasteiger partial charge in [0, 0.05) is 18.0 Å². The number of aromatic nitrogens is 1. The maximum atomic E-state index is 5.74. The fourth-order valence-corrected chi connectivity index (χ4v) is 1.43. The Labute approximate surface area is 89.5 Å². The molecule has 0 radical (unpaired) electrons.